The number of hydrogen-bond acceptors (Lipinski definition) is 3. The van der Waals surface area contributed by atoms with E-state index in [0.29, 0.717) is 13.0 Å². The van der Waals surface area contributed by atoms with Gasteiger partial charge in [-0.25, -0.2) is 0 Å². The molecule has 2 fully saturated rings. The van der Waals surface area contributed by atoms with E-state index in [2.05, 4.69) is 5.32 Å². The molecule has 0 aromatic rings. The fraction of sp³-hybridized carbons (Fsp3) is 0.818. The lowest BCUT2D eigenvalue weighted by atomic mass is 10.1. The van der Waals surface area contributed by atoms with E-state index in [1.54, 1.807) is 11.9 Å². The van der Waals surface area contributed by atoms with Gasteiger partial charge >= 0.3 is 0 Å². The molecule has 2 saturated heterocycles. The molecule has 2 aliphatic heterocycles. The van der Waals surface area contributed by atoms with E-state index in [-0.39, 0.29) is 23.8 Å². The van der Waals surface area contributed by atoms with Crippen LogP contribution in [0.5, 0.6) is 0 Å². The maximum atomic E-state index is 12.2. The molecule has 90 valence electrons. The second kappa shape index (κ2) is 4.41. The minimum atomic E-state index is -0.127. The van der Waals surface area contributed by atoms with Crippen LogP contribution >= 0.6 is 0 Å². The highest BCUT2D eigenvalue weighted by Crippen LogP contribution is 2.20. The van der Waals surface area contributed by atoms with E-state index in [0.717, 1.165) is 19.6 Å². The summed E-state index contributed by atoms with van der Waals surface area (Å²) in [5.41, 5.74) is 0. The third kappa shape index (κ3) is 2.04. The Morgan fingerprint density at radius 3 is 2.81 bits per heavy atom. The second-order valence-corrected chi connectivity index (χ2v) is 4.76. The van der Waals surface area contributed by atoms with Gasteiger partial charge in [0.05, 0.1) is 5.92 Å². The van der Waals surface area contributed by atoms with Crippen LogP contribution in [0.15, 0.2) is 0 Å². The number of likely N-dealkylation sites (tertiary alicyclic amines) is 1. The molecule has 2 heterocycles. The SMILES string of the molecule is CC1CNCCN1C(=O)C1CC(=O)N(C)C1. The van der Waals surface area contributed by atoms with E-state index in [1.165, 1.54) is 0 Å². The number of nitrogens with zero attached hydrogens (tertiary/aromatic N) is 2. The summed E-state index contributed by atoms with van der Waals surface area (Å²) in [5.74, 6) is 0.103. The van der Waals surface area contributed by atoms with Crippen LogP contribution in [-0.4, -0.2) is 60.9 Å². The highest BCUT2D eigenvalue weighted by molar-refractivity contribution is 5.89. The lowest BCUT2D eigenvalue weighted by molar-refractivity contribution is -0.138. The Balaban J connectivity index is 1.99. The molecule has 5 nitrogen and oxygen atoms in total. The van der Waals surface area contributed by atoms with Gasteiger partial charge in [-0.1, -0.05) is 0 Å². The molecule has 2 unspecified atom stereocenters. The van der Waals surface area contributed by atoms with Gasteiger partial charge in [0.1, 0.15) is 0 Å². The Labute approximate surface area is 95.8 Å². The van der Waals surface area contributed by atoms with Crippen LogP contribution in [0.2, 0.25) is 0 Å². The van der Waals surface area contributed by atoms with Crippen LogP contribution in [0.25, 0.3) is 0 Å². The number of rotatable bonds is 1. The monoisotopic (exact) mass is 225 g/mol. The van der Waals surface area contributed by atoms with Crippen molar-refractivity contribution in [2.24, 2.45) is 5.92 Å². The summed E-state index contributed by atoms with van der Waals surface area (Å²) in [6.45, 7) is 5.09. The van der Waals surface area contributed by atoms with Gasteiger partial charge in [0.25, 0.3) is 0 Å². The summed E-state index contributed by atoms with van der Waals surface area (Å²) in [6.07, 6.45) is 0.381. The first-order valence-corrected chi connectivity index (χ1v) is 5.84. The molecular formula is C11H19N3O2. The molecule has 16 heavy (non-hydrogen) atoms. The third-order valence-corrected chi connectivity index (χ3v) is 3.47. The van der Waals surface area contributed by atoms with Gasteiger partial charge in [0.2, 0.25) is 11.8 Å². The van der Waals surface area contributed by atoms with Gasteiger partial charge in [-0.2, -0.15) is 0 Å². The van der Waals surface area contributed by atoms with E-state index in [9.17, 15) is 9.59 Å². The summed E-state index contributed by atoms with van der Waals surface area (Å²) in [5, 5.41) is 3.26. The first kappa shape index (κ1) is 11.4. The van der Waals surface area contributed by atoms with Crippen molar-refractivity contribution in [3.63, 3.8) is 0 Å². The molecule has 2 rings (SSSR count). The van der Waals surface area contributed by atoms with Crippen molar-refractivity contribution in [1.82, 2.24) is 15.1 Å². The van der Waals surface area contributed by atoms with Crippen LogP contribution in [0.1, 0.15) is 13.3 Å². The zero-order chi connectivity index (χ0) is 11.7. The Hall–Kier alpha value is -1.10. The predicted molar refractivity (Wildman–Crippen MR) is 59.8 cm³/mol. The Kier molecular flexibility index (Phi) is 3.14. The molecular weight excluding hydrogens is 206 g/mol. The Bertz CT molecular complexity index is 306. The maximum Gasteiger partial charge on any atom is 0.228 e. The zero-order valence-corrected chi connectivity index (χ0v) is 9.90. The van der Waals surface area contributed by atoms with Crippen molar-refractivity contribution in [2.75, 3.05) is 33.2 Å². The summed E-state index contributed by atoms with van der Waals surface area (Å²) in [4.78, 5) is 27.2. The Morgan fingerprint density at radius 2 is 2.25 bits per heavy atom. The lowest BCUT2D eigenvalue weighted by Gasteiger charge is -2.35. The number of nitrogens with one attached hydrogen (secondary N) is 1. The van der Waals surface area contributed by atoms with Crippen LogP contribution in [0.4, 0.5) is 0 Å². The molecule has 0 aromatic carbocycles. The van der Waals surface area contributed by atoms with Crippen LogP contribution in [0.3, 0.4) is 0 Å². The molecule has 0 aromatic heterocycles. The smallest absolute Gasteiger partial charge is 0.228 e. The highest BCUT2D eigenvalue weighted by Gasteiger charge is 2.36. The predicted octanol–water partition coefficient (Wildman–Crippen LogP) is -0.715. The molecule has 0 aliphatic carbocycles. The lowest BCUT2D eigenvalue weighted by Crippen LogP contribution is -2.54. The normalized spacial score (nSPS) is 31.0. The van der Waals surface area contributed by atoms with Gasteiger partial charge < -0.3 is 15.1 Å². The molecule has 0 saturated carbocycles. The first-order chi connectivity index (χ1) is 7.59. The van der Waals surface area contributed by atoms with Gasteiger partial charge in [-0.15, -0.1) is 0 Å². The molecule has 2 atom stereocenters. The quantitative estimate of drug-likeness (QED) is 0.641. The average molecular weight is 225 g/mol. The summed E-state index contributed by atoms with van der Waals surface area (Å²) >= 11 is 0. The summed E-state index contributed by atoms with van der Waals surface area (Å²) < 4.78 is 0. The van der Waals surface area contributed by atoms with Gasteiger partial charge in [0.15, 0.2) is 0 Å². The van der Waals surface area contributed by atoms with Crippen LogP contribution < -0.4 is 5.32 Å². The number of carbonyl (C=O) groups is 2. The van der Waals surface area contributed by atoms with Crippen molar-refractivity contribution in [3.05, 3.63) is 0 Å². The minimum absolute atomic E-state index is 0.0844. The average Bonchev–Trinajstić information content (AvgIpc) is 2.59. The van der Waals surface area contributed by atoms with Crippen molar-refractivity contribution in [2.45, 2.75) is 19.4 Å². The van der Waals surface area contributed by atoms with Crippen LogP contribution in [-0.2, 0) is 9.59 Å². The van der Waals surface area contributed by atoms with E-state index in [4.69, 9.17) is 0 Å². The van der Waals surface area contributed by atoms with Gasteiger partial charge in [-0.3, -0.25) is 9.59 Å². The summed E-state index contributed by atoms with van der Waals surface area (Å²) in [7, 11) is 1.76. The zero-order valence-electron chi connectivity index (χ0n) is 9.90. The second-order valence-electron chi connectivity index (χ2n) is 4.76. The number of carbonyl (C=O) groups excluding carboxylic acids is 2. The maximum absolute atomic E-state index is 12.2. The molecule has 1 N–H and O–H groups in total. The van der Waals surface area contributed by atoms with E-state index in [1.807, 2.05) is 11.8 Å². The molecule has 5 heteroatoms. The molecule has 2 amide bonds. The Morgan fingerprint density at radius 1 is 1.50 bits per heavy atom. The number of hydrogen-bond donors (Lipinski definition) is 1. The molecule has 0 spiro atoms. The van der Waals surface area contributed by atoms with Gasteiger partial charge in [0, 0.05) is 45.7 Å². The summed E-state index contributed by atoms with van der Waals surface area (Å²) in [6, 6.07) is 0.238. The molecule has 2 aliphatic rings. The van der Waals surface area contributed by atoms with Crippen molar-refractivity contribution >= 4 is 11.8 Å². The highest BCUT2D eigenvalue weighted by atomic mass is 16.2. The fourth-order valence-corrected chi connectivity index (χ4v) is 2.43. The standard InChI is InChI=1S/C11H19N3O2/c1-8-6-12-3-4-14(8)11(16)9-5-10(15)13(2)7-9/h8-9,12H,3-7H2,1-2H3. The van der Waals surface area contributed by atoms with E-state index >= 15 is 0 Å². The number of amides is 2. The largest absolute Gasteiger partial charge is 0.345 e. The van der Waals surface area contributed by atoms with Crippen molar-refractivity contribution in [3.8, 4) is 0 Å². The topological polar surface area (TPSA) is 52.7 Å². The van der Waals surface area contributed by atoms with Crippen LogP contribution in [0, 0.1) is 5.92 Å². The van der Waals surface area contributed by atoms with E-state index < -0.39 is 0 Å². The van der Waals surface area contributed by atoms with Crippen molar-refractivity contribution < 1.29 is 9.59 Å². The number of piperazine rings is 1. The first-order valence-electron chi connectivity index (χ1n) is 5.84. The van der Waals surface area contributed by atoms with Crippen molar-refractivity contribution in [1.29, 1.82) is 0 Å². The third-order valence-electron chi connectivity index (χ3n) is 3.47. The molecule has 0 bridgehead atoms. The molecule has 0 radical (unpaired) electrons. The van der Waals surface area contributed by atoms with Gasteiger partial charge in [-0.05, 0) is 6.92 Å². The minimum Gasteiger partial charge on any atom is -0.345 e. The fourth-order valence-electron chi connectivity index (χ4n) is 2.43.